The third-order valence-electron chi connectivity index (χ3n) is 2.55. The van der Waals surface area contributed by atoms with Crippen molar-refractivity contribution in [3.8, 4) is 11.4 Å². The quantitative estimate of drug-likeness (QED) is 0.711. The zero-order chi connectivity index (χ0) is 12.5. The molecule has 18 heavy (non-hydrogen) atoms. The number of hydrogen-bond acceptors (Lipinski definition) is 4. The smallest absolute Gasteiger partial charge is 0.354 e. The van der Waals surface area contributed by atoms with Crippen molar-refractivity contribution in [3.63, 3.8) is 0 Å². The molecule has 0 fully saturated rings. The molecule has 0 spiro atoms. The number of nitrogens with zero attached hydrogens (tertiary/aromatic N) is 3. The van der Waals surface area contributed by atoms with Crippen LogP contribution in [0.4, 0.5) is 0 Å². The van der Waals surface area contributed by atoms with Gasteiger partial charge in [-0.3, -0.25) is 5.10 Å². The van der Waals surface area contributed by atoms with E-state index in [9.17, 15) is 4.79 Å². The van der Waals surface area contributed by atoms with Crippen molar-refractivity contribution in [2.45, 2.75) is 0 Å². The van der Waals surface area contributed by atoms with E-state index in [0.29, 0.717) is 11.3 Å². The van der Waals surface area contributed by atoms with E-state index in [0.717, 1.165) is 11.1 Å². The van der Waals surface area contributed by atoms with Gasteiger partial charge < -0.3 is 5.11 Å². The normalized spacial score (nSPS) is 10.7. The Kier molecular flexibility index (Phi) is 2.26. The van der Waals surface area contributed by atoms with Gasteiger partial charge in [0.25, 0.3) is 0 Å². The molecule has 6 heteroatoms. The van der Waals surface area contributed by atoms with E-state index in [4.69, 9.17) is 5.11 Å². The van der Waals surface area contributed by atoms with Crippen LogP contribution >= 0.6 is 0 Å². The zero-order valence-electron chi connectivity index (χ0n) is 9.16. The summed E-state index contributed by atoms with van der Waals surface area (Å²) in [6.07, 6.45) is 1.63. The highest BCUT2D eigenvalue weighted by atomic mass is 16.4. The van der Waals surface area contributed by atoms with Crippen molar-refractivity contribution >= 4 is 17.0 Å². The fourth-order valence-corrected chi connectivity index (χ4v) is 1.67. The van der Waals surface area contributed by atoms with Gasteiger partial charge in [0.05, 0.1) is 11.4 Å². The lowest BCUT2D eigenvalue weighted by molar-refractivity contribution is 0.0691. The molecule has 0 bridgehead atoms. The van der Waals surface area contributed by atoms with Crippen LogP contribution in [0, 0.1) is 0 Å². The Morgan fingerprint density at radius 1 is 1.11 bits per heavy atom. The number of pyridine rings is 2. The van der Waals surface area contributed by atoms with E-state index >= 15 is 0 Å². The molecule has 0 atom stereocenters. The van der Waals surface area contributed by atoms with Crippen LogP contribution in [0.2, 0.25) is 0 Å². The highest BCUT2D eigenvalue weighted by Crippen LogP contribution is 2.18. The second-order valence-corrected chi connectivity index (χ2v) is 3.72. The Morgan fingerprint density at radius 3 is 2.67 bits per heavy atom. The molecule has 3 heterocycles. The topological polar surface area (TPSA) is 91.8 Å². The second-order valence-electron chi connectivity index (χ2n) is 3.72. The van der Waals surface area contributed by atoms with E-state index in [1.165, 1.54) is 6.07 Å². The Labute approximate surface area is 101 Å². The van der Waals surface area contributed by atoms with Gasteiger partial charge in [0.15, 0.2) is 11.3 Å². The van der Waals surface area contributed by atoms with E-state index in [1.54, 1.807) is 18.3 Å². The summed E-state index contributed by atoms with van der Waals surface area (Å²) in [6, 6.07) is 8.61. The number of aromatic nitrogens is 4. The van der Waals surface area contributed by atoms with Crippen LogP contribution in [0.3, 0.4) is 0 Å². The van der Waals surface area contributed by atoms with Gasteiger partial charge in [-0.25, -0.2) is 14.8 Å². The number of aromatic carboxylic acids is 1. The average Bonchev–Trinajstić information content (AvgIpc) is 2.91. The van der Waals surface area contributed by atoms with Crippen molar-refractivity contribution in [3.05, 3.63) is 42.2 Å². The molecule has 0 aromatic carbocycles. The Balaban J connectivity index is 2.18. The van der Waals surface area contributed by atoms with E-state index < -0.39 is 5.97 Å². The van der Waals surface area contributed by atoms with Gasteiger partial charge in [-0.2, -0.15) is 5.10 Å². The number of rotatable bonds is 2. The minimum absolute atomic E-state index is 0.0169. The van der Waals surface area contributed by atoms with Crippen LogP contribution < -0.4 is 0 Å². The molecule has 0 aliphatic rings. The summed E-state index contributed by atoms with van der Waals surface area (Å²) in [6.45, 7) is 0. The van der Waals surface area contributed by atoms with Gasteiger partial charge in [-0.1, -0.05) is 0 Å². The molecule has 3 aromatic rings. The fourth-order valence-electron chi connectivity index (χ4n) is 1.67. The van der Waals surface area contributed by atoms with Crippen LogP contribution in [0.25, 0.3) is 22.4 Å². The zero-order valence-corrected chi connectivity index (χ0v) is 9.16. The molecule has 0 unspecified atom stereocenters. The standard InChI is InChI=1S/C12H8N4O2/c17-12(18)10-4-2-7-1-3-8(14-11(7)15-10)9-5-6-13-16-9/h1-6H,(H,13,16)(H,17,18). The summed E-state index contributed by atoms with van der Waals surface area (Å²) in [5.41, 5.74) is 1.83. The fraction of sp³-hybridized carbons (Fsp3) is 0. The first-order valence-electron chi connectivity index (χ1n) is 5.25. The molecule has 3 aromatic heterocycles. The predicted octanol–water partition coefficient (Wildman–Crippen LogP) is 1.72. The van der Waals surface area contributed by atoms with Gasteiger partial charge in [0, 0.05) is 11.6 Å². The van der Waals surface area contributed by atoms with Crippen LogP contribution in [0.5, 0.6) is 0 Å². The van der Waals surface area contributed by atoms with Crippen molar-refractivity contribution in [2.75, 3.05) is 0 Å². The molecule has 88 valence electrons. The first-order chi connectivity index (χ1) is 8.74. The van der Waals surface area contributed by atoms with Crippen LogP contribution in [-0.2, 0) is 0 Å². The van der Waals surface area contributed by atoms with Gasteiger partial charge >= 0.3 is 5.97 Å². The van der Waals surface area contributed by atoms with Gasteiger partial charge in [0.2, 0.25) is 0 Å². The maximum absolute atomic E-state index is 10.9. The highest BCUT2D eigenvalue weighted by molar-refractivity contribution is 5.89. The lowest BCUT2D eigenvalue weighted by Gasteiger charge is -2.01. The molecule has 0 amide bonds. The Hall–Kier alpha value is -2.76. The summed E-state index contributed by atoms with van der Waals surface area (Å²) < 4.78 is 0. The molecule has 0 saturated heterocycles. The number of aromatic amines is 1. The van der Waals surface area contributed by atoms with E-state index in [-0.39, 0.29) is 5.69 Å². The van der Waals surface area contributed by atoms with Gasteiger partial charge in [-0.15, -0.1) is 0 Å². The van der Waals surface area contributed by atoms with E-state index in [1.807, 2.05) is 12.1 Å². The van der Waals surface area contributed by atoms with Crippen molar-refractivity contribution in [1.82, 2.24) is 20.2 Å². The number of H-pyrrole nitrogens is 1. The predicted molar refractivity (Wildman–Crippen MR) is 64.1 cm³/mol. The van der Waals surface area contributed by atoms with Crippen LogP contribution in [-0.4, -0.2) is 31.2 Å². The Morgan fingerprint density at radius 2 is 1.94 bits per heavy atom. The average molecular weight is 240 g/mol. The molecule has 3 rings (SSSR count). The highest BCUT2D eigenvalue weighted by Gasteiger charge is 2.08. The number of carboxylic acids is 1. The van der Waals surface area contributed by atoms with E-state index in [2.05, 4.69) is 20.2 Å². The van der Waals surface area contributed by atoms with Gasteiger partial charge in [0.1, 0.15) is 0 Å². The molecule has 2 N–H and O–H groups in total. The first kappa shape index (κ1) is 10.4. The molecular formula is C12H8N4O2. The molecule has 6 nitrogen and oxygen atoms in total. The first-order valence-corrected chi connectivity index (χ1v) is 5.25. The largest absolute Gasteiger partial charge is 0.477 e. The van der Waals surface area contributed by atoms with Gasteiger partial charge in [-0.05, 0) is 30.3 Å². The minimum atomic E-state index is -1.06. The van der Waals surface area contributed by atoms with Crippen LogP contribution in [0.15, 0.2) is 36.5 Å². The number of hydrogen-bond donors (Lipinski definition) is 2. The number of fused-ring (bicyclic) bond motifs is 1. The van der Waals surface area contributed by atoms with Crippen molar-refractivity contribution < 1.29 is 9.90 Å². The summed E-state index contributed by atoms with van der Waals surface area (Å²) in [4.78, 5) is 19.2. The SMILES string of the molecule is O=C(O)c1ccc2ccc(-c3ccn[nH]3)nc2n1. The summed E-state index contributed by atoms with van der Waals surface area (Å²) in [5, 5.41) is 16.3. The van der Waals surface area contributed by atoms with Crippen LogP contribution in [0.1, 0.15) is 10.5 Å². The number of nitrogens with one attached hydrogen (secondary N) is 1. The monoisotopic (exact) mass is 240 g/mol. The lowest BCUT2D eigenvalue weighted by atomic mass is 10.2. The lowest BCUT2D eigenvalue weighted by Crippen LogP contribution is -2.00. The van der Waals surface area contributed by atoms with Crippen molar-refractivity contribution in [1.29, 1.82) is 0 Å². The summed E-state index contributed by atoms with van der Waals surface area (Å²) in [7, 11) is 0. The second kappa shape index (κ2) is 3.92. The molecule has 0 aliphatic heterocycles. The van der Waals surface area contributed by atoms with Crippen molar-refractivity contribution in [2.24, 2.45) is 0 Å². The summed E-state index contributed by atoms with van der Waals surface area (Å²) >= 11 is 0. The third kappa shape index (κ3) is 1.69. The molecule has 0 radical (unpaired) electrons. The Bertz CT molecular complexity index is 722. The molecule has 0 saturated carbocycles. The number of carbonyl (C=O) groups is 1. The molecule has 0 aliphatic carbocycles. The maximum atomic E-state index is 10.9. The number of carboxylic acid groups (broad SMARTS) is 1. The molecular weight excluding hydrogens is 232 g/mol. The summed E-state index contributed by atoms with van der Waals surface area (Å²) in [5.74, 6) is -1.06. The third-order valence-corrected chi connectivity index (χ3v) is 2.55. The minimum Gasteiger partial charge on any atom is -0.477 e. The maximum Gasteiger partial charge on any atom is 0.354 e.